The molecule has 0 saturated carbocycles. The summed E-state index contributed by atoms with van der Waals surface area (Å²) >= 11 is 0. The Bertz CT molecular complexity index is 975. The van der Waals surface area contributed by atoms with Gasteiger partial charge >= 0.3 is 0 Å². The van der Waals surface area contributed by atoms with Crippen LogP contribution in [0.2, 0.25) is 0 Å². The summed E-state index contributed by atoms with van der Waals surface area (Å²) in [5, 5.41) is 30.9. The fourth-order valence-electron chi connectivity index (χ4n) is 4.31. The topological polar surface area (TPSA) is 104 Å². The van der Waals surface area contributed by atoms with Gasteiger partial charge in [-0.25, -0.2) is 0 Å². The number of ketones is 2. The maximum Gasteiger partial charge on any atom is 0.202 e. The average Bonchev–Trinajstić information content (AvgIpc) is 2.68. The molecular formula is C21H20O6. The van der Waals surface area contributed by atoms with Crippen molar-refractivity contribution in [1.82, 2.24) is 0 Å². The first kappa shape index (κ1) is 17.5. The Morgan fingerprint density at radius 1 is 1.04 bits per heavy atom. The maximum absolute atomic E-state index is 13.1. The number of ether oxygens (including phenoxy) is 1. The van der Waals surface area contributed by atoms with Crippen molar-refractivity contribution in [2.45, 2.75) is 25.7 Å². The number of hydrogen-bond acceptors (Lipinski definition) is 6. The van der Waals surface area contributed by atoms with Crippen molar-refractivity contribution in [3.8, 4) is 17.2 Å². The molecular weight excluding hydrogens is 348 g/mol. The van der Waals surface area contributed by atoms with Crippen molar-refractivity contribution in [3.05, 3.63) is 51.6 Å². The lowest BCUT2D eigenvalue weighted by Crippen LogP contribution is -2.25. The summed E-state index contributed by atoms with van der Waals surface area (Å²) in [6, 6.07) is 4.72. The third-order valence-electron chi connectivity index (χ3n) is 5.66. The molecule has 1 unspecified atom stereocenters. The molecule has 6 nitrogen and oxygen atoms in total. The second-order valence-electron chi connectivity index (χ2n) is 7.07. The molecule has 3 N–H and O–H groups in total. The molecule has 6 heteroatoms. The van der Waals surface area contributed by atoms with Gasteiger partial charge in [0.05, 0.1) is 23.8 Å². The van der Waals surface area contributed by atoms with E-state index in [1.54, 1.807) is 12.1 Å². The smallest absolute Gasteiger partial charge is 0.202 e. The van der Waals surface area contributed by atoms with E-state index in [0.717, 1.165) is 6.42 Å². The molecule has 140 valence electrons. The van der Waals surface area contributed by atoms with Crippen LogP contribution in [0.1, 0.15) is 55.8 Å². The predicted octanol–water partition coefficient (Wildman–Crippen LogP) is 2.37. The molecule has 27 heavy (non-hydrogen) atoms. The lowest BCUT2D eigenvalue weighted by Gasteiger charge is -2.29. The van der Waals surface area contributed by atoms with Gasteiger partial charge in [0.1, 0.15) is 17.2 Å². The fraction of sp³-hybridized carbons (Fsp3) is 0.333. The second kappa shape index (κ2) is 6.39. The molecule has 0 heterocycles. The van der Waals surface area contributed by atoms with Gasteiger partial charge in [0, 0.05) is 23.3 Å². The number of phenolic OH excluding ortho intramolecular Hbond substituents is 2. The van der Waals surface area contributed by atoms with Crippen molar-refractivity contribution in [2.24, 2.45) is 5.92 Å². The highest BCUT2D eigenvalue weighted by atomic mass is 16.5. The molecule has 0 aliphatic heterocycles. The van der Waals surface area contributed by atoms with E-state index in [0.29, 0.717) is 30.4 Å². The van der Waals surface area contributed by atoms with Crippen LogP contribution in [0.25, 0.3) is 0 Å². The van der Waals surface area contributed by atoms with Gasteiger partial charge in [-0.1, -0.05) is 12.1 Å². The summed E-state index contributed by atoms with van der Waals surface area (Å²) in [4.78, 5) is 26.2. The zero-order chi connectivity index (χ0) is 19.3. The van der Waals surface area contributed by atoms with Gasteiger partial charge in [0.2, 0.25) is 5.78 Å². The average molecular weight is 368 g/mol. The number of carbonyl (C=O) groups is 2. The van der Waals surface area contributed by atoms with Crippen molar-refractivity contribution in [1.29, 1.82) is 0 Å². The summed E-state index contributed by atoms with van der Waals surface area (Å²) in [6.07, 6.45) is 2.26. The molecule has 0 bridgehead atoms. The number of methoxy groups -OCH3 is 1. The van der Waals surface area contributed by atoms with Crippen LogP contribution in [0.5, 0.6) is 17.2 Å². The lowest BCUT2D eigenvalue weighted by molar-refractivity contribution is 0.0971. The normalized spacial score (nSPS) is 17.9. The van der Waals surface area contributed by atoms with E-state index in [-0.39, 0.29) is 52.0 Å². The highest BCUT2D eigenvalue weighted by Gasteiger charge is 2.40. The van der Waals surface area contributed by atoms with Gasteiger partial charge in [-0.15, -0.1) is 0 Å². The minimum absolute atomic E-state index is 0.0439. The molecule has 2 aromatic carbocycles. The number of hydrogen-bond donors (Lipinski definition) is 3. The number of fused-ring (bicyclic) bond motifs is 3. The molecule has 2 aliphatic rings. The lowest BCUT2D eigenvalue weighted by atomic mass is 9.75. The Balaban J connectivity index is 1.95. The molecule has 0 radical (unpaired) electrons. The van der Waals surface area contributed by atoms with Crippen LogP contribution in [0.4, 0.5) is 0 Å². The molecule has 2 aromatic rings. The van der Waals surface area contributed by atoms with Crippen LogP contribution in [-0.4, -0.2) is 40.6 Å². The number of carbonyl (C=O) groups excluding carboxylic acids is 2. The summed E-state index contributed by atoms with van der Waals surface area (Å²) < 4.78 is 5.23. The van der Waals surface area contributed by atoms with Crippen LogP contribution in [0.15, 0.2) is 18.2 Å². The first-order chi connectivity index (χ1) is 13.0. The number of phenols is 2. The van der Waals surface area contributed by atoms with Crippen LogP contribution in [0.3, 0.4) is 0 Å². The second-order valence-corrected chi connectivity index (χ2v) is 7.07. The fourth-order valence-corrected chi connectivity index (χ4v) is 4.31. The molecule has 1 atom stereocenters. The summed E-state index contributed by atoms with van der Waals surface area (Å²) in [5.74, 6) is -1.06. The monoisotopic (exact) mass is 368 g/mol. The summed E-state index contributed by atoms with van der Waals surface area (Å²) in [6.45, 7) is 0.0439. The molecule has 0 amide bonds. The predicted molar refractivity (Wildman–Crippen MR) is 96.8 cm³/mol. The number of rotatable bonds is 3. The quantitative estimate of drug-likeness (QED) is 0.613. The SMILES string of the molecule is COc1cccc2c1C(=O)c1c(O)c3c(c(O)c1C2=O)CC(CCO)CC3. The van der Waals surface area contributed by atoms with E-state index >= 15 is 0 Å². The molecule has 0 fully saturated rings. The van der Waals surface area contributed by atoms with Crippen LogP contribution < -0.4 is 4.74 Å². The van der Waals surface area contributed by atoms with E-state index in [2.05, 4.69) is 0 Å². The van der Waals surface area contributed by atoms with Gasteiger partial charge in [0.25, 0.3) is 0 Å². The van der Waals surface area contributed by atoms with Crippen LogP contribution in [0, 0.1) is 5.92 Å². The van der Waals surface area contributed by atoms with Gasteiger partial charge in [-0.2, -0.15) is 0 Å². The molecule has 2 aliphatic carbocycles. The van der Waals surface area contributed by atoms with Gasteiger partial charge in [-0.05, 0) is 37.7 Å². The highest BCUT2D eigenvalue weighted by Crippen LogP contribution is 2.47. The van der Waals surface area contributed by atoms with E-state index in [1.165, 1.54) is 13.2 Å². The standard InChI is InChI=1S/C21H20O6/c1-27-14-4-2-3-12-15(14)21(26)17-16(19(12)24)20(25)13-9-10(7-8-22)5-6-11(13)18(17)23/h2-4,10,22-23,25H,5-9H2,1H3. The van der Waals surface area contributed by atoms with Gasteiger partial charge in [-0.3, -0.25) is 9.59 Å². The van der Waals surface area contributed by atoms with Crippen LogP contribution in [-0.2, 0) is 12.8 Å². The van der Waals surface area contributed by atoms with E-state index < -0.39 is 11.6 Å². The third-order valence-corrected chi connectivity index (χ3v) is 5.66. The molecule has 4 rings (SSSR count). The highest BCUT2D eigenvalue weighted by molar-refractivity contribution is 6.31. The van der Waals surface area contributed by atoms with Crippen molar-refractivity contribution >= 4 is 11.6 Å². The Labute approximate surface area is 156 Å². The number of benzene rings is 2. The Kier molecular flexibility index (Phi) is 4.15. The zero-order valence-electron chi connectivity index (χ0n) is 14.9. The summed E-state index contributed by atoms with van der Waals surface area (Å²) in [5.41, 5.74) is 1.00. The molecule has 0 spiro atoms. The van der Waals surface area contributed by atoms with Crippen molar-refractivity contribution in [3.63, 3.8) is 0 Å². The summed E-state index contributed by atoms with van der Waals surface area (Å²) in [7, 11) is 1.41. The minimum atomic E-state index is -0.523. The first-order valence-corrected chi connectivity index (χ1v) is 8.96. The Morgan fingerprint density at radius 3 is 2.44 bits per heavy atom. The van der Waals surface area contributed by atoms with E-state index in [4.69, 9.17) is 4.74 Å². The van der Waals surface area contributed by atoms with Crippen molar-refractivity contribution < 1.29 is 29.6 Å². The Hall–Kier alpha value is -2.86. The third kappa shape index (κ3) is 2.44. The van der Waals surface area contributed by atoms with Gasteiger partial charge in [0.15, 0.2) is 5.78 Å². The van der Waals surface area contributed by atoms with E-state index in [9.17, 15) is 24.9 Å². The Morgan fingerprint density at radius 2 is 1.74 bits per heavy atom. The first-order valence-electron chi connectivity index (χ1n) is 8.96. The largest absolute Gasteiger partial charge is 0.507 e. The molecule has 0 aromatic heterocycles. The molecule has 0 saturated heterocycles. The van der Waals surface area contributed by atoms with Gasteiger partial charge < -0.3 is 20.1 Å². The van der Waals surface area contributed by atoms with Crippen molar-refractivity contribution in [2.75, 3.05) is 13.7 Å². The number of aromatic hydroxyl groups is 2. The van der Waals surface area contributed by atoms with E-state index in [1.807, 2.05) is 0 Å². The maximum atomic E-state index is 13.1. The zero-order valence-corrected chi connectivity index (χ0v) is 14.9. The van der Waals surface area contributed by atoms with Crippen LogP contribution >= 0.6 is 0 Å². The number of aliphatic hydroxyl groups excluding tert-OH is 1. The number of aliphatic hydroxyl groups is 1. The minimum Gasteiger partial charge on any atom is -0.507 e.